The van der Waals surface area contributed by atoms with E-state index in [-0.39, 0.29) is 17.5 Å². The lowest BCUT2D eigenvalue weighted by Crippen LogP contribution is -2.40. The minimum absolute atomic E-state index is 0.0438. The summed E-state index contributed by atoms with van der Waals surface area (Å²) in [4.78, 5) is 35.8. The van der Waals surface area contributed by atoms with Crippen molar-refractivity contribution in [3.05, 3.63) is 76.8 Å². The normalized spacial score (nSPS) is 16.0. The molecule has 2 aromatic heterocycles. The Kier molecular flexibility index (Phi) is 5.37. The molecule has 3 heterocycles. The first-order chi connectivity index (χ1) is 14.1. The number of nitrogens with zero attached hydrogens (tertiary/aromatic N) is 4. The van der Waals surface area contributed by atoms with Gasteiger partial charge in [-0.05, 0) is 37.1 Å². The molecule has 1 saturated heterocycles. The third kappa shape index (κ3) is 4.03. The molecule has 1 N–H and O–H groups in total. The highest BCUT2D eigenvalue weighted by molar-refractivity contribution is 5.94. The molecule has 1 aliphatic rings. The molecule has 7 heteroatoms. The molecule has 0 aliphatic carbocycles. The number of benzene rings is 1. The van der Waals surface area contributed by atoms with Crippen molar-refractivity contribution < 1.29 is 4.79 Å². The second kappa shape index (κ2) is 8.26. The number of aromatic nitrogens is 3. The number of hydrogen-bond donors (Lipinski definition) is 1. The number of anilines is 1. The quantitative estimate of drug-likeness (QED) is 0.725. The predicted octanol–water partition coefficient (Wildman–Crippen LogP) is 2.56. The van der Waals surface area contributed by atoms with Crippen LogP contribution in [-0.4, -0.2) is 44.5 Å². The Morgan fingerprint density at radius 1 is 1.17 bits per heavy atom. The highest BCUT2D eigenvalue weighted by Gasteiger charge is 2.29. The lowest BCUT2D eigenvalue weighted by molar-refractivity contribution is 0.0743. The van der Waals surface area contributed by atoms with E-state index in [0.29, 0.717) is 23.8 Å². The Hall–Kier alpha value is -3.48. The van der Waals surface area contributed by atoms with Gasteiger partial charge in [-0.15, -0.1) is 0 Å². The van der Waals surface area contributed by atoms with Crippen LogP contribution < -0.4 is 10.9 Å². The van der Waals surface area contributed by atoms with Crippen molar-refractivity contribution in [2.24, 2.45) is 7.05 Å². The molecule has 7 nitrogen and oxygen atoms in total. The Morgan fingerprint density at radius 2 is 1.93 bits per heavy atom. The van der Waals surface area contributed by atoms with Crippen molar-refractivity contribution in [1.29, 1.82) is 0 Å². The SMILES string of the molecule is Cn1c(NC[C@H]2CCCN2C(=O)c2ccccc2)nc(-c2ccncc2)cc1=O. The van der Waals surface area contributed by atoms with Crippen LogP contribution >= 0.6 is 0 Å². The van der Waals surface area contributed by atoms with Crippen molar-refractivity contribution in [2.45, 2.75) is 18.9 Å². The molecule has 1 atom stereocenters. The molecule has 1 aliphatic heterocycles. The number of carbonyl (C=O) groups is 1. The number of likely N-dealkylation sites (tertiary alicyclic amines) is 1. The molecule has 148 valence electrons. The van der Waals surface area contributed by atoms with E-state index in [1.807, 2.05) is 47.4 Å². The van der Waals surface area contributed by atoms with Crippen molar-refractivity contribution in [2.75, 3.05) is 18.4 Å². The van der Waals surface area contributed by atoms with Crippen LogP contribution in [0.3, 0.4) is 0 Å². The Bertz CT molecular complexity index is 1050. The van der Waals surface area contributed by atoms with Crippen LogP contribution in [-0.2, 0) is 7.05 Å². The van der Waals surface area contributed by atoms with Crippen LogP contribution in [0.1, 0.15) is 23.2 Å². The van der Waals surface area contributed by atoms with Crippen molar-refractivity contribution in [3.8, 4) is 11.3 Å². The largest absolute Gasteiger partial charge is 0.353 e. The first kappa shape index (κ1) is 18.9. The smallest absolute Gasteiger partial charge is 0.255 e. The summed E-state index contributed by atoms with van der Waals surface area (Å²) in [5, 5.41) is 3.28. The third-order valence-corrected chi connectivity index (χ3v) is 5.27. The molecule has 4 rings (SSSR count). The number of nitrogens with one attached hydrogen (secondary N) is 1. The third-order valence-electron chi connectivity index (χ3n) is 5.27. The Labute approximate surface area is 169 Å². The minimum atomic E-state index is -0.141. The molecule has 1 amide bonds. The summed E-state index contributed by atoms with van der Waals surface area (Å²) in [6.07, 6.45) is 5.23. The summed E-state index contributed by atoms with van der Waals surface area (Å²) in [5.41, 5.74) is 1.99. The number of pyridine rings is 1. The predicted molar refractivity (Wildman–Crippen MR) is 112 cm³/mol. The van der Waals surface area contributed by atoms with Gasteiger partial charge in [-0.2, -0.15) is 0 Å². The van der Waals surface area contributed by atoms with Gasteiger partial charge in [0.25, 0.3) is 11.5 Å². The topological polar surface area (TPSA) is 80.1 Å². The van der Waals surface area contributed by atoms with Gasteiger partial charge in [0.05, 0.1) is 5.69 Å². The summed E-state index contributed by atoms with van der Waals surface area (Å²) in [7, 11) is 1.69. The zero-order valence-electron chi connectivity index (χ0n) is 16.3. The van der Waals surface area contributed by atoms with E-state index in [4.69, 9.17) is 0 Å². The maximum absolute atomic E-state index is 12.9. The van der Waals surface area contributed by atoms with E-state index in [1.165, 1.54) is 10.6 Å². The second-order valence-electron chi connectivity index (χ2n) is 7.14. The van der Waals surface area contributed by atoms with Gasteiger partial charge in [0, 0.05) is 55.8 Å². The van der Waals surface area contributed by atoms with Crippen molar-refractivity contribution in [1.82, 2.24) is 19.4 Å². The van der Waals surface area contributed by atoms with Gasteiger partial charge in [-0.25, -0.2) is 4.98 Å². The fourth-order valence-electron chi connectivity index (χ4n) is 3.64. The highest BCUT2D eigenvalue weighted by atomic mass is 16.2. The molecule has 1 aromatic carbocycles. The molecule has 0 bridgehead atoms. The molecule has 0 saturated carbocycles. The average molecular weight is 389 g/mol. The number of hydrogen-bond acceptors (Lipinski definition) is 5. The summed E-state index contributed by atoms with van der Waals surface area (Å²) in [6, 6.07) is 14.6. The van der Waals surface area contributed by atoms with Gasteiger partial charge >= 0.3 is 0 Å². The summed E-state index contributed by atoms with van der Waals surface area (Å²) < 4.78 is 1.49. The zero-order chi connectivity index (χ0) is 20.2. The fraction of sp³-hybridized carbons (Fsp3) is 0.273. The molecule has 0 spiro atoms. The maximum Gasteiger partial charge on any atom is 0.255 e. The molecular formula is C22H23N5O2. The number of rotatable bonds is 5. The van der Waals surface area contributed by atoms with Crippen LogP contribution in [0.5, 0.6) is 0 Å². The molecule has 1 fully saturated rings. The zero-order valence-corrected chi connectivity index (χ0v) is 16.3. The maximum atomic E-state index is 12.9. The first-order valence-electron chi connectivity index (χ1n) is 9.72. The van der Waals surface area contributed by atoms with E-state index in [1.54, 1.807) is 19.4 Å². The van der Waals surface area contributed by atoms with E-state index >= 15 is 0 Å². The number of amides is 1. The summed E-state index contributed by atoms with van der Waals surface area (Å²) >= 11 is 0. The standard InChI is InChI=1S/C22H23N5O2/c1-26-20(28)14-19(16-9-11-23-12-10-16)25-22(26)24-15-18-8-5-13-27(18)21(29)17-6-3-2-4-7-17/h2-4,6-7,9-12,14,18H,5,8,13,15H2,1H3,(H,24,25)/t18-/m1/s1. The lowest BCUT2D eigenvalue weighted by Gasteiger charge is -2.25. The van der Waals surface area contributed by atoms with Gasteiger partial charge in [-0.3, -0.25) is 19.1 Å². The fourth-order valence-corrected chi connectivity index (χ4v) is 3.64. The van der Waals surface area contributed by atoms with E-state index < -0.39 is 0 Å². The Morgan fingerprint density at radius 3 is 2.69 bits per heavy atom. The van der Waals surface area contributed by atoms with E-state index in [0.717, 1.165) is 24.9 Å². The molecule has 3 aromatic rings. The monoisotopic (exact) mass is 389 g/mol. The van der Waals surface area contributed by atoms with Gasteiger partial charge in [0.2, 0.25) is 5.95 Å². The van der Waals surface area contributed by atoms with Crippen LogP contribution in [0.25, 0.3) is 11.3 Å². The van der Waals surface area contributed by atoms with E-state index in [2.05, 4.69) is 15.3 Å². The summed E-state index contributed by atoms with van der Waals surface area (Å²) in [5.74, 6) is 0.533. The van der Waals surface area contributed by atoms with Crippen LogP contribution in [0.2, 0.25) is 0 Å². The van der Waals surface area contributed by atoms with Crippen LogP contribution in [0.4, 0.5) is 5.95 Å². The number of carbonyl (C=O) groups excluding carboxylic acids is 1. The molecule has 0 unspecified atom stereocenters. The van der Waals surface area contributed by atoms with Crippen LogP contribution in [0.15, 0.2) is 65.7 Å². The van der Waals surface area contributed by atoms with Crippen molar-refractivity contribution in [3.63, 3.8) is 0 Å². The van der Waals surface area contributed by atoms with Crippen molar-refractivity contribution >= 4 is 11.9 Å². The van der Waals surface area contributed by atoms with Gasteiger partial charge < -0.3 is 10.2 Å². The van der Waals surface area contributed by atoms with Gasteiger partial charge in [0.1, 0.15) is 0 Å². The second-order valence-corrected chi connectivity index (χ2v) is 7.14. The van der Waals surface area contributed by atoms with Gasteiger partial charge in [-0.1, -0.05) is 18.2 Å². The highest BCUT2D eigenvalue weighted by Crippen LogP contribution is 2.21. The summed E-state index contributed by atoms with van der Waals surface area (Å²) in [6.45, 7) is 1.28. The molecule has 29 heavy (non-hydrogen) atoms. The minimum Gasteiger partial charge on any atom is -0.353 e. The van der Waals surface area contributed by atoms with Crippen LogP contribution in [0, 0.1) is 0 Å². The first-order valence-corrected chi connectivity index (χ1v) is 9.72. The lowest BCUT2D eigenvalue weighted by atomic mass is 10.1. The van der Waals surface area contributed by atoms with E-state index in [9.17, 15) is 9.59 Å². The molecular weight excluding hydrogens is 366 g/mol. The average Bonchev–Trinajstić information content (AvgIpc) is 3.24. The molecule has 0 radical (unpaired) electrons. The Balaban J connectivity index is 1.52. The van der Waals surface area contributed by atoms with Gasteiger partial charge in [0.15, 0.2) is 0 Å².